The molecular weight excluding hydrogens is 322 g/mol. The summed E-state index contributed by atoms with van der Waals surface area (Å²) < 4.78 is 0. The predicted molar refractivity (Wildman–Crippen MR) is 100 cm³/mol. The molecule has 23 heavy (non-hydrogen) atoms. The zero-order chi connectivity index (χ0) is 16.1. The minimum absolute atomic E-state index is 0.724. The molecule has 0 N–H and O–H groups in total. The second-order valence-corrected chi connectivity index (χ2v) is 6.80. The van der Waals surface area contributed by atoms with Gasteiger partial charge in [0, 0.05) is 21.0 Å². The minimum atomic E-state index is 0.724. The Kier molecular flexibility index (Phi) is 5.16. The van der Waals surface area contributed by atoms with Crippen LogP contribution in [0.25, 0.3) is 0 Å². The number of aryl methyl sites for hydroxylation is 1. The summed E-state index contributed by atoms with van der Waals surface area (Å²) in [7, 11) is 0. The predicted octanol–water partition coefficient (Wildman–Crippen LogP) is 6.55. The van der Waals surface area contributed by atoms with Crippen LogP contribution in [0.1, 0.15) is 11.1 Å². The Bertz CT molecular complexity index is 791. The SMILES string of the molecule is Cc1ccc(Sc2ccc(C=Nc3ccc(Cl)cc3)cc2)cc1. The number of hydrogen-bond acceptors (Lipinski definition) is 2. The Labute approximate surface area is 146 Å². The highest BCUT2D eigenvalue weighted by molar-refractivity contribution is 7.99. The van der Waals surface area contributed by atoms with E-state index < -0.39 is 0 Å². The van der Waals surface area contributed by atoms with Crippen LogP contribution in [-0.4, -0.2) is 6.21 Å². The Hall–Kier alpha value is -2.03. The second kappa shape index (κ2) is 7.49. The second-order valence-electron chi connectivity index (χ2n) is 5.22. The monoisotopic (exact) mass is 337 g/mol. The number of nitrogens with zero attached hydrogens (tertiary/aromatic N) is 1. The molecule has 0 amide bonds. The van der Waals surface area contributed by atoms with Gasteiger partial charge in [0.1, 0.15) is 0 Å². The van der Waals surface area contributed by atoms with Crippen molar-refractivity contribution >= 4 is 35.3 Å². The molecule has 0 aliphatic heterocycles. The first kappa shape index (κ1) is 15.9. The van der Waals surface area contributed by atoms with Gasteiger partial charge in [-0.25, -0.2) is 0 Å². The molecule has 0 aliphatic carbocycles. The van der Waals surface area contributed by atoms with E-state index in [4.69, 9.17) is 11.6 Å². The molecule has 0 fully saturated rings. The van der Waals surface area contributed by atoms with Gasteiger partial charge in [0.05, 0.1) is 5.69 Å². The van der Waals surface area contributed by atoms with E-state index in [2.05, 4.69) is 60.4 Å². The van der Waals surface area contributed by atoms with E-state index in [-0.39, 0.29) is 0 Å². The molecule has 0 unspecified atom stereocenters. The van der Waals surface area contributed by atoms with Gasteiger partial charge in [-0.3, -0.25) is 4.99 Å². The average molecular weight is 338 g/mol. The van der Waals surface area contributed by atoms with Gasteiger partial charge in [-0.05, 0) is 61.0 Å². The summed E-state index contributed by atoms with van der Waals surface area (Å²) in [5.41, 5.74) is 3.25. The van der Waals surface area contributed by atoms with Gasteiger partial charge in [-0.15, -0.1) is 0 Å². The maximum Gasteiger partial charge on any atom is 0.0630 e. The van der Waals surface area contributed by atoms with E-state index in [1.165, 1.54) is 15.4 Å². The zero-order valence-electron chi connectivity index (χ0n) is 12.7. The largest absolute Gasteiger partial charge is 0.256 e. The molecule has 0 aliphatic rings. The van der Waals surface area contributed by atoms with Crippen LogP contribution < -0.4 is 0 Å². The fourth-order valence-corrected chi connectivity index (χ4v) is 2.98. The topological polar surface area (TPSA) is 12.4 Å². The fraction of sp³-hybridized carbons (Fsp3) is 0.0500. The van der Waals surface area contributed by atoms with Gasteiger partial charge in [0.2, 0.25) is 0 Å². The lowest BCUT2D eigenvalue weighted by Gasteiger charge is -2.02. The highest BCUT2D eigenvalue weighted by Crippen LogP contribution is 2.27. The van der Waals surface area contributed by atoms with Crippen molar-refractivity contribution < 1.29 is 0 Å². The van der Waals surface area contributed by atoms with Gasteiger partial charge in [-0.2, -0.15) is 0 Å². The third-order valence-electron chi connectivity index (χ3n) is 3.33. The van der Waals surface area contributed by atoms with Gasteiger partial charge in [-0.1, -0.05) is 53.2 Å². The molecule has 0 atom stereocenters. The number of halogens is 1. The third kappa shape index (κ3) is 4.72. The van der Waals surface area contributed by atoms with Crippen LogP contribution >= 0.6 is 23.4 Å². The van der Waals surface area contributed by atoms with Crippen molar-refractivity contribution in [3.8, 4) is 0 Å². The molecule has 0 radical (unpaired) electrons. The van der Waals surface area contributed by atoms with E-state index in [1.807, 2.05) is 30.5 Å². The number of rotatable bonds is 4. The van der Waals surface area contributed by atoms with Crippen LogP contribution in [0, 0.1) is 6.92 Å². The van der Waals surface area contributed by atoms with Crippen LogP contribution in [0.2, 0.25) is 5.02 Å². The molecule has 3 heteroatoms. The molecule has 0 spiro atoms. The van der Waals surface area contributed by atoms with Crippen molar-refractivity contribution in [2.45, 2.75) is 16.7 Å². The van der Waals surface area contributed by atoms with Crippen molar-refractivity contribution in [1.29, 1.82) is 0 Å². The van der Waals surface area contributed by atoms with Crippen molar-refractivity contribution in [2.24, 2.45) is 4.99 Å². The third-order valence-corrected chi connectivity index (χ3v) is 4.59. The van der Waals surface area contributed by atoms with Gasteiger partial charge in [0.15, 0.2) is 0 Å². The zero-order valence-corrected chi connectivity index (χ0v) is 14.3. The molecule has 0 heterocycles. The Morgan fingerprint density at radius 2 is 1.35 bits per heavy atom. The van der Waals surface area contributed by atoms with Crippen molar-refractivity contribution in [3.05, 3.63) is 88.9 Å². The fourth-order valence-electron chi connectivity index (χ4n) is 2.04. The lowest BCUT2D eigenvalue weighted by atomic mass is 10.2. The molecule has 1 nitrogen and oxygen atoms in total. The number of benzene rings is 3. The molecule has 3 aromatic carbocycles. The maximum absolute atomic E-state index is 5.87. The van der Waals surface area contributed by atoms with Gasteiger partial charge >= 0.3 is 0 Å². The summed E-state index contributed by atoms with van der Waals surface area (Å²) in [6.07, 6.45) is 1.86. The van der Waals surface area contributed by atoms with Gasteiger partial charge in [0.25, 0.3) is 0 Å². The molecule has 0 saturated heterocycles. The molecule has 0 bridgehead atoms. The summed E-state index contributed by atoms with van der Waals surface area (Å²) in [6, 6.07) is 24.5. The lowest BCUT2D eigenvalue weighted by Crippen LogP contribution is -1.81. The first-order valence-electron chi connectivity index (χ1n) is 7.33. The summed E-state index contributed by atoms with van der Waals surface area (Å²) in [5, 5.41) is 0.724. The average Bonchev–Trinajstić information content (AvgIpc) is 2.58. The summed E-state index contributed by atoms with van der Waals surface area (Å²) in [6.45, 7) is 2.10. The van der Waals surface area contributed by atoms with Gasteiger partial charge < -0.3 is 0 Å². The molecule has 3 aromatic rings. The van der Waals surface area contributed by atoms with Crippen LogP contribution in [0.5, 0.6) is 0 Å². The Morgan fingerprint density at radius 1 is 0.783 bits per heavy atom. The van der Waals surface area contributed by atoms with E-state index in [1.54, 1.807) is 11.8 Å². The van der Waals surface area contributed by atoms with Crippen molar-refractivity contribution in [2.75, 3.05) is 0 Å². The minimum Gasteiger partial charge on any atom is -0.256 e. The van der Waals surface area contributed by atoms with E-state index in [0.717, 1.165) is 16.3 Å². The first-order valence-corrected chi connectivity index (χ1v) is 8.53. The molecule has 3 rings (SSSR count). The standard InChI is InChI=1S/C20H16ClNS/c1-15-2-10-19(11-3-15)23-20-12-4-16(5-13-20)14-22-18-8-6-17(21)7-9-18/h2-14H,1H3. The summed E-state index contributed by atoms with van der Waals surface area (Å²) >= 11 is 7.63. The summed E-state index contributed by atoms with van der Waals surface area (Å²) in [4.78, 5) is 6.92. The van der Waals surface area contributed by atoms with E-state index in [0.29, 0.717) is 0 Å². The summed E-state index contributed by atoms with van der Waals surface area (Å²) in [5.74, 6) is 0. The van der Waals surface area contributed by atoms with Crippen LogP contribution in [-0.2, 0) is 0 Å². The number of aliphatic imine (C=N–C) groups is 1. The molecular formula is C20H16ClNS. The lowest BCUT2D eigenvalue weighted by molar-refractivity contribution is 1.36. The normalized spacial score (nSPS) is 11.0. The van der Waals surface area contributed by atoms with Crippen LogP contribution in [0.3, 0.4) is 0 Å². The quantitative estimate of drug-likeness (QED) is 0.492. The molecule has 0 aromatic heterocycles. The maximum atomic E-state index is 5.87. The van der Waals surface area contributed by atoms with Crippen LogP contribution in [0.15, 0.2) is 87.6 Å². The molecule has 114 valence electrons. The van der Waals surface area contributed by atoms with Crippen molar-refractivity contribution in [1.82, 2.24) is 0 Å². The Morgan fingerprint density at radius 3 is 1.96 bits per heavy atom. The highest BCUT2D eigenvalue weighted by atomic mass is 35.5. The molecule has 0 saturated carbocycles. The first-order chi connectivity index (χ1) is 11.2. The van der Waals surface area contributed by atoms with Crippen LogP contribution in [0.4, 0.5) is 5.69 Å². The Balaban J connectivity index is 1.67. The van der Waals surface area contributed by atoms with E-state index >= 15 is 0 Å². The smallest absolute Gasteiger partial charge is 0.0630 e. The van der Waals surface area contributed by atoms with E-state index in [9.17, 15) is 0 Å². The number of hydrogen-bond donors (Lipinski definition) is 0. The van der Waals surface area contributed by atoms with Crippen molar-refractivity contribution in [3.63, 3.8) is 0 Å². The highest BCUT2D eigenvalue weighted by Gasteiger charge is 1.97.